The molecule has 0 saturated carbocycles. The lowest BCUT2D eigenvalue weighted by atomic mass is 9.93. The highest BCUT2D eigenvalue weighted by atomic mass is 127. The van der Waals surface area contributed by atoms with Crippen molar-refractivity contribution in [2.75, 3.05) is 31.1 Å². The van der Waals surface area contributed by atoms with Crippen LogP contribution in [0.1, 0.15) is 26.7 Å². The molecule has 6 heteroatoms. The molecule has 0 bridgehead atoms. The third-order valence-corrected chi connectivity index (χ3v) is 4.58. The lowest BCUT2D eigenvalue weighted by Gasteiger charge is -2.32. The zero-order valence-electron chi connectivity index (χ0n) is 11.9. The lowest BCUT2D eigenvalue weighted by molar-refractivity contribution is -0.0501. The van der Waals surface area contributed by atoms with Crippen LogP contribution < -0.4 is 5.73 Å². The maximum atomic E-state index is 6.07. The van der Waals surface area contributed by atoms with Crippen molar-refractivity contribution in [2.45, 2.75) is 38.9 Å². The number of aliphatic imine (C=N–C) groups is 1. The standard InChI is InChI=1S/C13H25N3OS.HI/c1-10-7-12(8-11(2)17-10)9-15-13(14)16-3-5-18-6-4-16;/h10-12H,3-9H2,1-2H3,(H2,14,15);1H. The Morgan fingerprint density at radius 3 is 2.42 bits per heavy atom. The number of ether oxygens (including phenoxy) is 1. The topological polar surface area (TPSA) is 50.8 Å². The van der Waals surface area contributed by atoms with E-state index in [9.17, 15) is 0 Å². The molecule has 0 radical (unpaired) electrons. The van der Waals surface area contributed by atoms with E-state index in [1.54, 1.807) is 0 Å². The number of rotatable bonds is 2. The average molecular weight is 399 g/mol. The number of guanidine groups is 1. The summed E-state index contributed by atoms with van der Waals surface area (Å²) in [5, 5.41) is 0. The highest BCUT2D eigenvalue weighted by molar-refractivity contribution is 14.0. The fourth-order valence-corrected chi connectivity index (χ4v) is 3.71. The van der Waals surface area contributed by atoms with Crippen molar-refractivity contribution in [3.63, 3.8) is 0 Å². The third-order valence-electron chi connectivity index (χ3n) is 3.64. The number of nitrogens with zero attached hydrogens (tertiary/aromatic N) is 2. The molecule has 0 amide bonds. The molecular weight excluding hydrogens is 373 g/mol. The Balaban J connectivity index is 0.00000180. The van der Waals surface area contributed by atoms with Crippen LogP contribution in [-0.4, -0.2) is 54.2 Å². The van der Waals surface area contributed by atoms with Gasteiger partial charge in [-0.05, 0) is 32.6 Å². The molecule has 2 heterocycles. The molecule has 0 spiro atoms. The van der Waals surface area contributed by atoms with Gasteiger partial charge in [-0.1, -0.05) is 0 Å². The highest BCUT2D eigenvalue weighted by Gasteiger charge is 2.24. The van der Waals surface area contributed by atoms with Gasteiger partial charge in [0.15, 0.2) is 5.96 Å². The maximum absolute atomic E-state index is 6.07. The van der Waals surface area contributed by atoms with Gasteiger partial charge in [0.05, 0.1) is 12.2 Å². The summed E-state index contributed by atoms with van der Waals surface area (Å²) in [4.78, 5) is 6.81. The zero-order valence-corrected chi connectivity index (χ0v) is 15.0. The summed E-state index contributed by atoms with van der Waals surface area (Å²) in [7, 11) is 0. The summed E-state index contributed by atoms with van der Waals surface area (Å²) in [6, 6.07) is 0. The van der Waals surface area contributed by atoms with E-state index in [0.717, 1.165) is 38.4 Å². The van der Waals surface area contributed by atoms with Crippen LogP contribution in [0.25, 0.3) is 0 Å². The zero-order chi connectivity index (χ0) is 13.0. The molecule has 2 unspecified atom stereocenters. The number of thioether (sulfide) groups is 1. The van der Waals surface area contributed by atoms with Gasteiger partial charge < -0.3 is 15.4 Å². The molecule has 2 N–H and O–H groups in total. The van der Waals surface area contributed by atoms with Gasteiger partial charge in [0.2, 0.25) is 0 Å². The van der Waals surface area contributed by atoms with Crippen molar-refractivity contribution in [1.29, 1.82) is 0 Å². The predicted molar refractivity (Wildman–Crippen MR) is 93.5 cm³/mol. The summed E-state index contributed by atoms with van der Waals surface area (Å²) in [6.07, 6.45) is 2.94. The number of hydrogen-bond acceptors (Lipinski definition) is 3. The van der Waals surface area contributed by atoms with Gasteiger partial charge in [-0.2, -0.15) is 11.8 Å². The summed E-state index contributed by atoms with van der Waals surface area (Å²) < 4.78 is 5.75. The first-order valence-corrected chi connectivity index (χ1v) is 8.08. The van der Waals surface area contributed by atoms with Gasteiger partial charge in [-0.25, -0.2) is 0 Å². The largest absolute Gasteiger partial charge is 0.376 e. The third kappa shape index (κ3) is 5.67. The second-order valence-corrected chi connectivity index (χ2v) is 6.62. The maximum Gasteiger partial charge on any atom is 0.191 e. The number of hydrogen-bond donors (Lipinski definition) is 1. The molecule has 0 aromatic carbocycles. The minimum atomic E-state index is 0. The molecule has 2 aliphatic heterocycles. The molecule has 2 atom stereocenters. The Kier molecular flexibility index (Phi) is 7.83. The van der Waals surface area contributed by atoms with E-state index in [2.05, 4.69) is 23.7 Å². The van der Waals surface area contributed by atoms with Crippen molar-refractivity contribution >= 4 is 41.7 Å². The van der Waals surface area contributed by atoms with E-state index in [-0.39, 0.29) is 24.0 Å². The minimum absolute atomic E-state index is 0. The van der Waals surface area contributed by atoms with Crippen molar-refractivity contribution < 1.29 is 4.74 Å². The van der Waals surface area contributed by atoms with E-state index in [0.29, 0.717) is 18.1 Å². The quantitative estimate of drug-likeness (QED) is 0.439. The normalized spacial score (nSPS) is 32.8. The van der Waals surface area contributed by atoms with Gasteiger partial charge in [0, 0.05) is 31.1 Å². The second-order valence-electron chi connectivity index (χ2n) is 5.39. The fraction of sp³-hybridized carbons (Fsp3) is 0.923. The predicted octanol–water partition coefficient (Wildman–Crippen LogP) is 2.17. The molecule has 2 aliphatic rings. The Morgan fingerprint density at radius 1 is 1.26 bits per heavy atom. The number of nitrogens with two attached hydrogens (primary N) is 1. The van der Waals surface area contributed by atoms with Crippen molar-refractivity contribution in [1.82, 2.24) is 4.90 Å². The minimum Gasteiger partial charge on any atom is -0.376 e. The van der Waals surface area contributed by atoms with Gasteiger partial charge >= 0.3 is 0 Å². The average Bonchev–Trinajstić information content (AvgIpc) is 2.36. The Hall–Kier alpha value is 0.310. The van der Waals surface area contributed by atoms with Gasteiger partial charge in [0.1, 0.15) is 0 Å². The first kappa shape index (κ1) is 17.4. The van der Waals surface area contributed by atoms with Crippen LogP contribution in [0.4, 0.5) is 0 Å². The summed E-state index contributed by atoms with van der Waals surface area (Å²) >= 11 is 1.99. The van der Waals surface area contributed by atoms with Crippen LogP contribution in [0.2, 0.25) is 0 Å². The Morgan fingerprint density at radius 2 is 1.84 bits per heavy atom. The van der Waals surface area contributed by atoms with E-state index in [1.807, 2.05) is 11.8 Å². The Bertz CT molecular complexity index is 288. The number of halogens is 1. The molecule has 2 saturated heterocycles. The van der Waals surface area contributed by atoms with E-state index >= 15 is 0 Å². The molecule has 4 nitrogen and oxygen atoms in total. The molecule has 2 rings (SSSR count). The van der Waals surface area contributed by atoms with E-state index in [1.165, 1.54) is 11.5 Å². The fourth-order valence-electron chi connectivity index (χ4n) is 2.81. The molecule has 2 fully saturated rings. The van der Waals surface area contributed by atoms with Crippen molar-refractivity contribution in [3.05, 3.63) is 0 Å². The first-order valence-electron chi connectivity index (χ1n) is 6.93. The van der Waals surface area contributed by atoms with Crippen molar-refractivity contribution in [2.24, 2.45) is 16.6 Å². The Labute approximate surface area is 137 Å². The second kappa shape index (κ2) is 8.56. The molecule has 19 heavy (non-hydrogen) atoms. The molecular formula is C13H26IN3OS. The van der Waals surface area contributed by atoms with E-state index < -0.39 is 0 Å². The van der Waals surface area contributed by atoms with Gasteiger partial charge in [-0.15, -0.1) is 24.0 Å². The molecule has 0 aromatic heterocycles. The smallest absolute Gasteiger partial charge is 0.191 e. The van der Waals surface area contributed by atoms with Gasteiger partial charge in [0.25, 0.3) is 0 Å². The van der Waals surface area contributed by atoms with Crippen LogP contribution in [0, 0.1) is 5.92 Å². The van der Waals surface area contributed by atoms with Crippen LogP contribution in [0.3, 0.4) is 0 Å². The van der Waals surface area contributed by atoms with Crippen LogP contribution >= 0.6 is 35.7 Å². The lowest BCUT2D eigenvalue weighted by Crippen LogP contribution is -2.43. The van der Waals surface area contributed by atoms with E-state index in [4.69, 9.17) is 10.5 Å². The van der Waals surface area contributed by atoms with Crippen molar-refractivity contribution in [3.8, 4) is 0 Å². The monoisotopic (exact) mass is 399 g/mol. The van der Waals surface area contributed by atoms with Crippen LogP contribution in [0.15, 0.2) is 4.99 Å². The SMILES string of the molecule is CC1CC(CN=C(N)N2CCSCC2)CC(C)O1.I. The summed E-state index contributed by atoms with van der Waals surface area (Å²) in [5.41, 5.74) is 6.07. The first-order chi connectivity index (χ1) is 8.65. The van der Waals surface area contributed by atoms with Crippen LogP contribution in [-0.2, 0) is 4.74 Å². The summed E-state index contributed by atoms with van der Waals surface area (Å²) in [6.45, 7) is 7.24. The molecule has 0 aliphatic carbocycles. The van der Waals surface area contributed by atoms with Crippen LogP contribution in [0.5, 0.6) is 0 Å². The highest BCUT2D eigenvalue weighted by Crippen LogP contribution is 2.24. The van der Waals surface area contributed by atoms with Gasteiger partial charge in [-0.3, -0.25) is 4.99 Å². The summed E-state index contributed by atoms with van der Waals surface area (Å²) in [5.74, 6) is 3.70. The molecule has 0 aromatic rings. The molecule has 112 valence electrons.